The third kappa shape index (κ3) is 6.93. The molecule has 0 aliphatic rings. The quantitative estimate of drug-likeness (QED) is 0.520. The van der Waals surface area contributed by atoms with Crippen LogP contribution in [0, 0.1) is 0 Å². The van der Waals surface area contributed by atoms with Crippen LogP contribution in [0.1, 0.15) is 38.2 Å². The first-order valence-corrected chi connectivity index (χ1v) is 8.91. The first kappa shape index (κ1) is 19.4. The van der Waals surface area contributed by atoms with Crippen LogP contribution in [-0.2, 0) is 9.59 Å². The maximum Gasteiger partial charge on any atom is 0.247 e. The van der Waals surface area contributed by atoms with Crippen molar-refractivity contribution in [3.63, 3.8) is 0 Å². The van der Waals surface area contributed by atoms with Crippen LogP contribution in [0.5, 0.6) is 0 Å². The van der Waals surface area contributed by atoms with Gasteiger partial charge in [0.1, 0.15) is 12.8 Å². The molecule has 0 bridgehead atoms. The summed E-state index contributed by atoms with van der Waals surface area (Å²) in [6.45, 7) is 2.66. The molecule has 0 saturated carbocycles. The van der Waals surface area contributed by atoms with Gasteiger partial charge in [0.15, 0.2) is 5.82 Å². The Morgan fingerprint density at radius 2 is 1.96 bits per heavy atom. The van der Waals surface area contributed by atoms with E-state index in [1.54, 1.807) is 17.0 Å². The van der Waals surface area contributed by atoms with Gasteiger partial charge in [-0.15, -0.1) is 0 Å². The maximum atomic E-state index is 12.5. The Hall–Kier alpha value is -2.89. The van der Waals surface area contributed by atoms with Gasteiger partial charge in [0, 0.05) is 18.7 Å². The lowest BCUT2D eigenvalue weighted by molar-refractivity contribution is -0.130. The van der Waals surface area contributed by atoms with E-state index < -0.39 is 0 Å². The molecule has 0 saturated heterocycles. The molecule has 0 radical (unpaired) electrons. The lowest BCUT2D eigenvalue weighted by atomic mass is 10.2. The fourth-order valence-corrected chi connectivity index (χ4v) is 2.47. The Kier molecular flexibility index (Phi) is 8.12. The van der Waals surface area contributed by atoms with Gasteiger partial charge in [-0.05, 0) is 18.1 Å². The molecular formula is C20H25N3O3. The van der Waals surface area contributed by atoms with Crippen LogP contribution < -0.4 is 5.32 Å². The SMILES string of the molecule is CCCCCCN(CC(=O)Nc1ccon1)C(=O)/C=C/c1ccccc1. The normalized spacial score (nSPS) is 10.8. The Morgan fingerprint density at radius 1 is 1.15 bits per heavy atom. The second kappa shape index (κ2) is 10.9. The molecule has 1 aromatic carbocycles. The molecule has 0 fully saturated rings. The average Bonchev–Trinajstić information content (AvgIpc) is 3.16. The van der Waals surface area contributed by atoms with Gasteiger partial charge in [-0.1, -0.05) is 61.7 Å². The standard InChI is InChI=1S/C20H25N3O3/c1-2-3-4-8-14-23(16-19(24)21-18-13-15-26-22-18)20(25)12-11-17-9-6-5-7-10-17/h5-7,9-13,15H,2-4,8,14,16H2,1H3,(H,21,22,24)/b12-11+. The van der Waals surface area contributed by atoms with E-state index in [-0.39, 0.29) is 18.4 Å². The number of carbonyl (C=O) groups is 2. The molecule has 1 heterocycles. The minimum Gasteiger partial charge on any atom is -0.363 e. The highest BCUT2D eigenvalue weighted by Crippen LogP contribution is 2.07. The van der Waals surface area contributed by atoms with Crippen LogP contribution in [0.15, 0.2) is 53.3 Å². The highest BCUT2D eigenvalue weighted by atomic mass is 16.5. The van der Waals surface area contributed by atoms with Crippen molar-refractivity contribution in [2.45, 2.75) is 32.6 Å². The molecule has 138 valence electrons. The van der Waals surface area contributed by atoms with Crippen LogP contribution in [0.25, 0.3) is 6.08 Å². The van der Waals surface area contributed by atoms with E-state index in [1.165, 1.54) is 12.3 Å². The summed E-state index contributed by atoms with van der Waals surface area (Å²) in [7, 11) is 0. The van der Waals surface area contributed by atoms with Crippen molar-refractivity contribution in [1.29, 1.82) is 0 Å². The van der Waals surface area contributed by atoms with Gasteiger partial charge in [0.2, 0.25) is 11.8 Å². The predicted octanol–water partition coefficient (Wildman–Crippen LogP) is 3.74. The van der Waals surface area contributed by atoms with Gasteiger partial charge in [0.25, 0.3) is 0 Å². The zero-order valence-electron chi connectivity index (χ0n) is 15.1. The largest absolute Gasteiger partial charge is 0.363 e. The molecule has 0 aliphatic carbocycles. The minimum absolute atomic E-state index is 0.0169. The Morgan fingerprint density at radius 3 is 2.65 bits per heavy atom. The topological polar surface area (TPSA) is 75.4 Å². The van der Waals surface area contributed by atoms with Crippen molar-refractivity contribution in [3.05, 3.63) is 54.3 Å². The summed E-state index contributed by atoms with van der Waals surface area (Å²) in [5.41, 5.74) is 0.943. The number of anilines is 1. The van der Waals surface area contributed by atoms with Crippen LogP contribution in [0.3, 0.4) is 0 Å². The molecule has 2 amide bonds. The summed E-state index contributed by atoms with van der Waals surface area (Å²) in [4.78, 5) is 26.3. The summed E-state index contributed by atoms with van der Waals surface area (Å²) in [6, 6.07) is 11.2. The van der Waals surface area contributed by atoms with Gasteiger partial charge in [0.05, 0.1) is 0 Å². The lowest BCUT2D eigenvalue weighted by Crippen LogP contribution is -2.37. The Labute approximate surface area is 153 Å². The number of unbranched alkanes of at least 4 members (excludes halogenated alkanes) is 3. The molecule has 2 rings (SSSR count). The summed E-state index contributed by atoms with van der Waals surface area (Å²) in [6.07, 6.45) is 8.80. The van der Waals surface area contributed by atoms with Crippen molar-refractivity contribution >= 4 is 23.7 Å². The fraction of sp³-hybridized carbons (Fsp3) is 0.350. The molecule has 1 aromatic heterocycles. The van der Waals surface area contributed by atoms with Crippen molar-refractivity contribution in [3.8, 4) is 0 Å². The van der Waals surface area contributed by atoms with E-state index in [4.69, 9.17) is 4.52 Å². The molecular weight excluding hydrogens is 330 g/mol. The van der Waals surface area contributed by atoms with Crippen LogP contribution >= 0.6 is 0 Å². The highest BCUT2D eigenvalue weighted by molar-refractivity contribution is 5.97. The van der Waals surface area contributed by atoms with E-state index in [0.29, 0.717) is 12.4 Å². The molecule has 6 nitrogen and oxygen atoms in total. The molecule has 0 aliphatic heterocycles. The number of nitrogens with zero attached hydrogens (tertiary/aromatic N) is 2. The second-order valence-electron chi connectivity index (χ2n) is 6.00. The van der Waals surface area contributed by atoms with E-state index in [9.17, 15) is 9.59 Å². The third-order valence-electron chi connectivity index (χ3n) is 3.85. The third-order valence-corrected chi connectivity index (χ3v) is 3.85. The second-order valence-corrected chi connectivity index (χ2v) is 6.00. The summed E-state index contributed by atoms with van der Waals surface area (Å²) < 4.78 is 4.69. The molecule has 0 unspecified atom stereocenters. The van der Waals surface area contributed by atoms with E-state index in [2.05, 4.69) is 17.4 Å². The number of nitrogens with one attached hydrogen (secondary N) is 1. The van der Waals surface area contributed by atoms with Crippen molar-refractivity contribution in [2.75, 3.05) is 18.4 Å². The zero-order chi connectivity index (χ0) is 18.6. The molecule has 0 atom stereocenters. The van der Waals surface area contributed by atoms with Gasteiger partial charge < -0.3 is 14.7 Å². The number of aromatic nitrogens is 1. The molecule has 26 heavy (non-hydrogen) atoms. The van der Waals surface area contributed by atoms with Gasteiger partial charge in [-0.25, -0.2) is 0 Å². The number of hydrogen-bond acceptors (Lipinski definition) is 4. The number of amides is 2. The van der Waals surface area contributed by atoms with Crippen LogP contribution in [0.2, 0.25) is 0 Å². The Bertz CT molecular complexity index is 696. The Balaban J connectivity index is 1.95. The van der Waals surface area contributed by atoms with Gasteiger partial charge in [-0.2, -0.15) is 0 Å². The van der Waals surface area contributed by atoms with Crippen molar-refractivity contribution in [2.24, 2.45) is 0 Å². The van der Waals surface area contributed by atoms with E-state index in [0.717, 1.165) is 31.2 Å². The zero-order valence-corrected chi connectivity index (χ0v) is 15.1. The number of hydrogen-bond donors (Lipinski definition) is 1. The smallest absolute Gasteiger partial charge is 0.247 e. The first-order valence-electron chi connectivity index (χ1n) is 8.91. The summed E-state index contributed by atoms with van der Waals surface area (Å²) in [5, 5.41) is 6.27. The predicted molar refractivity (Wildman–Crippen MR) is 101 cm³/mol. The summed E-state index contributed by atoms with van der Waals surface area (Å²) in [5.74, 6) is -0.135. The average molecular weight is 355 g/mol. The first-order chi connectivity index (χ1) is 12.7. The highest BCUT2D eigenvalue weighted by Gasteiger charge is 2.15. The van der Waals surface area contributed by atoms with Crippen molar-refractivity contribution in [1.82, 2.24) is 10.1 Å². The lowest BCUT2D eigenvalue weighted by Gasteiger charge is -2.20. The number of rotatable bonds is 10. The van der Waals surface area contributed by atoms with Gasteiger partial charge >= 0.3 is 0 Å². The summed E-state index contributed by atoms with van der Waals surface area (Å²) >= 11 is 0. The molecule has 1 N–H and O–H groups in total. The van der Waals surface area contributed by atoms with E-state index in [1.807, 2.05) is 30.3 Å². The molecule has 2 aromatic rings. The molecule has 6 heteroatoms. The maximum absolute atomic E-state index is 12.5. The molecule has 0 spiro atoms. The van der Waals surface area contributed by atoms with Gasteiger partial charge in [-0.3, -0.25) is 9.59 Å². The number of carbonyl (C=O) groups excluding carboxylic acids is 2. The van der Waals surface area contributed by atoms with Crippen LogP contribution in [-0.4, -0.2) is 35.0 Å². The number of benzene rings is 1. The van der Waals surface area contributed by atoms with Crippen LogP contribution in [0.4, 0.5) is 5.82 Å². The van der Waals surface area contributed by atoms with Crippen molar-refractivity contribution < 1.29 is 14.1 Å². The fourth-order valence-electron chi connectivity index (χ4n) is 2.47. The minimum atomic E-state index is -0.296. The monoisotopic (exact) mass is 355 g/mol. The van der Waals surface area contributed by atoms with E-state index >= 15 is 0 Å².